The minimum Gasteiger partial charge on any atom is -0.465 e. The van der Waals surface area contributed by atoms with Crippen molar-refractivity contribution in [1.82, 2.24) is 15.0 Å². The van der Waals surface area contributed by atoms with Gasteiger partial charge in [-0.25, -0.2) is 14.8 Å². The molecule has 0 fully saturated rings. The molecule has 2 N–H and O–H groups in total. The van der Waals surface area contributed by atoms with Crippen LogP contribution >= 0.6 is 0 Å². The van der Waals surface area contributed by atoms with E-state index in [1.807, 2.05) is 30.3 Å². The van der Waals surface area contributed by atoms with E-state index in [1.54, 1.807) is 6.07 Å². The summed E-state index contributed by atoms with van der Waals surface area (Å²) in [6, 6.07) is 15.7. The molecule has 6 nitrogen and oxygen atoms in total. The Morgan fingerprint density at radius 1 is 1.13 bits per heavy atom. The fraction of sp³-hybridized carbons (Fsp3) is 0.320. The highest BCUT2D eigenvalue weighted by Crippen LogP contribution is 2.31. The van der Waals surface area contributed by atoms with Crippen molar-refractivity contribution in [2.75, 3.05) is 19.0 Å². The fourth-order valence-corrected chi connectivity index (χ4v) is 3.79. The third-order valence-electron chi connectivity index (χ3n) is 5.37. The van der Waals surface area contributed by atoms with Gasteiger partial charge in [-0.3, -0.25) is 0 Å². The van der Waals surface area contributed by atoms with Gasteiger partial charge in [-0.05, 0) is 36.5 Å². The Kier molecular flexibility index (Phi) is 6.16. The van der Waals surface area contributed by atoms with Crippen LogP contribution in [-0.4, -0.2) is 34.6 Å². The molecular formula is C25H28N4O2. The Balaban J connectivity index is 1.75. The zero-order valence-electron chi connectivity index (χ0n) is 18.2. The number of ether oxygens (including phenoxy) is 1. The number of fused-ring (bicyclic) bond motifs is 3. The second-order valence-corrected chi connectivity index (χ2v) is 8.21. The van der Waals surface area contributed by atoms with Gasteiger partial charge in [-0.15, -0.1) is 0 Å². The third kappa shape index (κ3) is 4.68. The lowest BCUT2D eigenvalue weighted by Gasteiger charge is -2.10. The first-order chi connectivity index (χ1) is 15.0. The number of carbonyl (C=O) groups is 1. The highest BCUT2D eigenvalue weighted by Gasteiger charge is 2.16. The minimum absolute atomic E-state index is 0.358. The van der Waals surface area contributed by atoms with Crippen molar-refractivity contribution < 1.29 is 9.53 Å². The zero-order valence-corrected chi connectivity index (χ0v) is 18.2. The molecule has 0 aliphatic carbocycles. The molecule has 2 aromatic carbocycles. The SMILES string of the molecule is COC(=O)c1ccc2c(c1)[nH]c1nc(Cc3ccccc3)nc(NCCCC(C)C)c12. The molecule has 0 radical (unpaired) electrons. The number of nitrogens with one attached hydrogen (secondary N) is 2. The van der Waals surface area contributed by atoms with Gasteiger partial charge < -0.3 is 15.0 Å². The third-order valence-corrected chi connectivity index (χ3v) is 5.37. The van der Waals surface area contributed by atoms with E-state index in [-0.39, 0.29) is 5.97 Å². The molecule has 0 aliphatic heterocycles. The van der Waals surface area contributed by atoms with Gasteiger partial charge in [0.1, 0.15) is 17.3 Å². The predicted octanol–water partition coefficient (Wildman–Crippen LogP) is 5.34. The van der Waals surface area contributed by atoms with Crippen LogP contribution in [0.1, 0.15) is 48.4 Å². The lowest BCUT2D eigenvalue weighted by Crippen LogP contribution is -2.08. The van der Waals surface area contributed by atoms with E-state index in [0.717, 1.165) is 58.5 Å². The standard InChI is InChI=1S/C25H28N4O2/c1-16(2)8-7-13-26-23-22-19-12-11-18(25(30)31-3)15-20(19)27-24(22)29-21(28-23)14-17-9-5-4-6-10-17/h4-6,9-12,15-16H,7-8,13-14H2,1-3H3,(H2,26,27,28,29). The molecule has 0 saturated carbocycles. The molecular weight excluding hydrogens is 388 g/mol. The van der Waals surface area contributed by atoms with Crippen molar-refractivity contribution in [2.24, 2.45) is 5.92 Å². The molecule has 2 aromatic heterocycles. The van der Waals surface area contributed by atoms with E-state index in [9.17, 15) is 4.79 Å². The molecule has 0 spiro atoms. The van der Waals surface area contributed by atoms with Crippen LogP contribution in [0.4, 0.5) is 5.82 Å². The lowest BCUT2D eigenvalue weighted by atomic mass is 10.1. The largest absolute Gasteiger partial charge is 0.465 e. The van der Waals surface area contributed by atoms with Gasteiger partial charge in [0, 0.05) is 23.9 Å². The molecule has 0 saturated heterocycles. The smallest absolute Gasteiger partial charge is 0.337 e. The van der Waals surface area contributed by atoms with Crippen LogP contribution in [0.25, 0.3) is 21.9 Å². The Hall–Kier alpha value is -3.41. The molecule has 2 heterocycles. The van der Waals surface area contributed by atoms with Crippen LogP contribution in [0.15, 0.2) is 48.5 Å². The van der Waals surface area contributed by atoms with Gasteiger partial charge in [0.05, 0.1) is 18.1 Å². The molecule has 0 amide bonds. The number of hydrogen-bond acceptors (Lipinski definition) is 5. The monoisotopic (exact) mass is 416 g/mol. The molecule has 160 valence electrons. The van der Waals surface area contributed by atoms with Crippen molar-refractivity contribution in [3.05, 3.63) is 65.5 Å². The fourth-order valence-electron chi connectivity index (χ4n) is 3.79. The van der Waals surface area contributed by atoms with Crippen molar-refractivity contribution in [3.63, 3.8) is 0 Å². The number of methoxy groups -OCH3 is 1. The minimum atomic E-state index is -0.358. The number of esters is 1. The van der Waals surface area contributed by atoms with Gasteiger partial charge >= 0.3 is 5.97 Å². The summed E-state index contributed by atoms with van der Waals surface area (Å²) >= 11 is 0. The van der Waals surface area contributed by atoms with Gasteiger partial charge in [-0.2, -0.15) is 0 Å². The Morgan fingerprint density at radius 2 is 1.94 bits per heavy atom. The number of hydrogen-bond donors (Lipinski definition) is 2. The normalized spacial score (nSPS) is 11.4. The molecule has 6 heteroatoms. The predicted molar refractivity (Wildman–Crippen MR) is 125 cm³/mol. The van der Waals surface area contributed by atoms with E-state index >= 15 is 0 Å². The van der Waals surface area contributed by atoms with Crippen LogP contribution in [0.3, 0.4) is 0 Å². The van der Waals surface area contributed by atoms with Gasteiger partial charge in [0.2, 0.25) is 0 Å². The van der Waals surface area contributed by atoms with Crippen LogP contribution in [0, 0.1) is 5.92 Å². The summed E-state index contributed by atoms with van der Waals surface area (Å²) in [6.45, 7) is 5.32. The highest BCUT2D eigenvalue weighted by atomic mass is 16.5. The van der Waals surface area contributed by atoms with Gasteiger partial charge in [-0.1, -0.05) is 50.2 Å². The summed E-state index contributed by atoms with van der Waals surface area (Å²) < 4.78 is 4.86. The molecule has 4 aromatic rings. The van der Waals surface area contributed by atoms with E-state index in [2.05, 4.69) is 36.3 Å². The van der Waals surface area contributed by atoms with Gasteiger partial charge in [0.25, 0.3) is 0 Å². The summed E-state index contributed by atoms with van der Waals surface area (Å²) in [5.41, 5.74) is 3.28. The molecule has 0 aliphatic rings. The highest BCUT2D eigenvalue weighted by molar-refractivity contribution is 6.12. The first kappa shape index (κ1) is 20.8. The Labute approximate surface area is 182 Å². The molecule has 31 heavy (non-hydrogen) atoms. The first-order valence-corrected chi connectivity index (χ1v) is 10.7. The number of nitrogens with zero attached hydrogens (tertiary/aromatic N) is 2. The number of H-pyrrole nitrogens is 1. The average molecular weight is 417 g/mol. The maximum atomic E-state index is 11.9. The number of rotatable bonds is 8. The number of benzene rings is 2. The first-order valence-electron chi connectivity index (χ1n) is 10.7. The number of aromatic nitrogens is 3. The number of carbonyl (C=O) groups excluding carboxylic acids is 1. The van der Waals surface area contributed by atoms with E-state index in [0.29, 0.717) is 17.9 Å². The van der Waals surface area contributed by atoms with E-state index in [1.165, 1.54) is 7.11 Å². The van der Waals surface area contributed by atoms with Gasteiger partial charge in [0.15, 0.2) is 0 Å². The van der Waals surface area contributed by atoms with Crippen LogP contribution in [0.5, 0.6) is 0 Å². The van der Waals surface area contributed by atoms with Crippen molar-refractivity contribution in [2.45, 2.75) is 33.1 Å². The second kappa shape index (κ2) is 9.16. The van der Waals surface area contributed by atoms with Crippen LogP contribution in [0.2, 0.25) is 0 Å². The number of aromatic amines is 1. The van der Waals surface area contributed by atoms with Crippen LogP contribution in [-0.2, 0) is 11.2 Å². The molecule has 0 bridgehead atoms. The van der Waals surface area contributed by atoms with Crippen molar-refractivity contribution in [3.8, 4) is 0 Å². The summed E-state index contributed by atoms with van der Waals surface area (Å²) in [5.74, 6) is 1.90. The molecule has 0 atom stereocenters. The van der Waals surface area contributed by atoms with E-state index < -0.39 is 0 Å². The maximum absolute atomic E-state index is 11.9. The topological polar surface area (TPSA) is 79.9 Å². The summed E-state index contributed by atoms with van der Waals surface area (Å²) in [6.07, 6.45) is 2.89. The summed E-state index contributed by atoms with van der Waals surface area (Å²) in [7, 11) is 1.39. The zero-order chi connectivity index (χ0) is 21.8. The quantitative estimate of drug-likeness (QED) is 0.299. The van der Waals surface area contributed by atoms with E-state index in [4.69, 9.17) is 14.7 Å². The number of anilines is 1. The van der Waals surface area contributed by atoms with Crippen molar-refractivity contribution in [1.29, 1.82) is 0 Å². The average Bonchev–Trinajstić information content (AvgIpc) is 3.14. The Bertz CT molecular complexity index is 1200. The Morgan fingerprint density at radius 3 is 2.68 bits per heavy atom. The maximum Gasteiger partial charge on any atom is 0.337 e. The molecule has 0 unspecified atom stereocenters. The lowest BCUT2D eigenvalue weighted by molar-refractivity contribution is 0.0601. The summed E-state index contributed by atoms with van der Waals surface area (Å²) in [5, 5.41) is 5.47. The molecule has 4 rings (SSSR count). The second-order valence-electron chi connectivity index (χ2n) is 8.21. The summed E-state index contributed by atoms with van der Waals surface area (Å²) in [4.78, 5) is 25.0. The van der Waals surface area contributed by atoms with Crippen LogP contribution < -0.4 is 5.32 Å². The van der Waals surface area contributed by atoms with Crippen molar-refractivity contribution >= 4 is 33.7 Å².